The van der Waals surface area contributed by atoms with Crippen LogP contribution in [0.15, 0.2) is 22.7 Å². The van der Waals surface area contributed by atoms with Crippen molar-refractivity contribution in [3.05, 3.63) is 28.2 Å². The predicted octanol–water partition coefficient (Wildman–Crippen LogP) is 3.00. The van der Waals surface area contributed by atoms with Gasteiger partial charge in [0.2, 0.25) is 0 Å². The van der Waals surface area contributed by atoms with E-state index in [2.05, 4.69) is 26.6 Å². The summed E-state index contributed by atoms with van der Waals surface area (Å²) in [6.45, 7) is 3.69. The largest absolute Gasteiger partial charge is 0.480 e. The molecule has 2 amide bonds. The highest BCUT2D eigenvalue weighted by atomic mass is 79.9. The Balaban J connectivity index is 2.74. The highest BCUT2D eigenvalue weighted by molar-refractivity contribution is 9.10. The van der Waals surface area contributed by atoms with Crippen LogP contribution in [0.4, 0.5) is 10.5 Å². The third kappa shape index (κ3) is 4.55. The van der Waals surface area contributed by atoms with Gasteiger partial charge in [0.05, 0.1) is 0 Å². The van der Waals surface area contributed by atoms with Crippen LogP contribution >= 0.6 is 15.9 Å². The van der Waals surface area contributed by atoms with Crippen molar-refractivity contribution in [1.82, 2.24) is 5.32 Å². The minimum absolute atomic E-state index is 0.337. The van der Waals surface area contributed by atoms with Gasteiger partial charge in [-0.05, 0) is 36.6 Å². The molecule has 3 N–H and O–H groups in total. The molecule has 1 atom stereocenters. The Morgan fingerprint density at radius 3 is 2.58 bits per heavy atom. The van der Waals surface area contributed by atoms with Crippen LogP contribution in [-0.4, -0.2) is 23.1 Å². The zero-order valence-corrected chi connectivity index (χ0v) is 12.5. The Hall–Kier alpha value is -1.56. The number of carboxylic acids is 1. The monoisotopic (exact) mass is 328 g/mol. The van der Waals surface area contributed by atoms with E-state index in [1.165, 1.54) is 0 Å². The number of nitrogens with one attached hydrogen (secondary N) is 2. The fraction of sp³-hybridized carbons (Fsp3) is 0.385. The number of anilines is 1. The minimum atomic E-state index is -1.04. The molecule has 1 aromatic rings. The van der Waals surface area contributed by atoms with Crippen LogP contribution in [0, 0.1) is 0 Å². The summed E-state index contributed by atoms with van der Waals surface area (Å²) < 4.78 is 0.937. The van der Waals surface area contributed by atoms with Crippen molar-refractivity contribution in [3.8, 4) is 0 Å². The molecule has 1 unspecified atom stereocenters. The Bertz CT molecular complexity index is 477. The van der Waals surface area contributed by atoms with Gasteiger partial charge in [0.15, 0.2) is 0 Å². The van der Waals surface area contributed by atoms with E-state index in [4.69, 9.17) is 5.11 Å². The molecule has 0 aliphatic rings. The maximum absolute atomic E-state index is 11.7. The van der Waals surface area contributed by atoms with Gasteiger partial charge in [0.25, 0.3) is 0 Å². The van der Waals surface area contributed by atoms with E-state index in [1.54, 1.807) is 13.0 Å². The summed E-state index contributed by atoms with van der Waals surface area (Å²) in [6.07, 6.45) is 1.11. The molecule has 0 aromatic heterocycles. The minimum Gasteiger partial charge on any atom is -0.480 e. The Morgan fingerprint density at radius 2 is 2.05 bits per heavy atom. The average molecular weight is 329 g/mol. The normalized spacial score (nSPS) is 11.7. The topological polar surface area (TPSA) is 78.4 Å². The van der Waals surface area contributed by atoms with Crippen LogP contribution < -0.4 is 10.6 Å². The van der Waals surface area contributed by atoms with Gasteiger partial charge in [-0.2, -0.15) is 0 Å². The van der Waals surface area contributed by atoms with Crippen LogP contribution in [0.2, 0.25) is 0 Å². The van der Waals surface area contributed by atoms with Gasteiger partial charge in [-0.3, -0.25) is 0 Å². The Labute approximate surface area is 120 Å². The Kier molecular flexibility index (Phi) is 5.82. The predicted molar refractivity (Wildman–Crippen MR) is 77.4 cm³/mol. The number of carbonyl (C=O) groups is 2. The van der Waals surface area contributed by atoms with Crippen LogP contribution in [0.25, 0.3) is 0 Å². The lowest BCUT2D eigenvalue weighted by atomic mass is 10.1. The molecule has 0 radical (unpaired) electrons. The SMILES string of the molecule is CCc1cc(Br)ccc1NC(=O)NC(CC)C(=O)O. The van der Waals surface area contributed by atoms with E-state index < -0.39 is 18.0 Å². The van der Waals surface area contributed by atoms with Crippen LogP contribution in [-0.2, 0) is 11.2 Å². The van der Waals surface area contributed by atoms with Crippen molar-refractivity contribution in [2.75, 3.05) is 5.32 Å². The molecule has 1 rings (SSSR count). The van der Waals surface area contributed by atoms with Crippen molar-refractivity contribution >= 4 is 33.6 Å². The summed E-state index contributed by atoms with van der Waals surface area (Å²) in [4.78, 5) is 22.6. The lowest BCUT2D eigenvalue weighted by Crippen LogP contribution is -2.42. The van der Waals surface area contributed by atoms with Crippen LogP contribution in [0.1, 0.15) is 25.8 Å². The quantitative estimate of drug-likeness (QED) is 0.777. The summed E-state index contributed by atoms with van der Waals surface area (Å²) in [6, 6.07) is 4.14. The molecular weight excluding hydrogens is 312 g/mol. The van der Waals surface area contributed by atoms with Crippen molar-refractivity contribution in [2.45, 2.75) is 32.7 Å². The third-order valence-electron chi connectivity index (χ3n) is 2.71. The van der Waals surface area contributed by atoms with E-state index in [0.29, 0.717) is 12.1 Å². The van der Waals surface area contributed by atoms with E-state index in [0.717, 1.165) is 16.5 Å². The van der Waals surface area contributed by atoms with Gasteiger partial charge in [-0.1, -0.05) is 29.8 Å². The second kappa shape index (κ2) is 7.13. The lowest BCUT2D eigenvalue weighted by molar-refractivity contribution is -0.139. The summed E-state index contributed by atoms with van der Waals surface area (Å²) in [5.41, 5.74) is 1.66. The fourth-order valence-corrected chi connectivity index (χ4v) is 2.04. The van der Waals surface area contributed by atoms with Crippen molar-refractivity contribution in [3.63, 3.8) is 0 Å². The van der Waals surface area contributed by atoms with Crippen LogP contribution in [0.3, 0.4) is 0 Å². The first-order chi connectivity index (χ1) is 8.97. The molecule has 19 heavy (non-hydrogen) atoms. The van der Waals surface area contributed by atoms with Gasteiger partial charge >= 0.3 is 12.0 Å². The number of urea groups is 1. The molecular formula is C13H17BrN2O3. The molecule has 104 valence electrons. The van der Waals surface area contributed by atoms with Gasteiger partial charge in [0, 0.05) is 10.2 Å². The first-order valence-corrected chi connectivity index (χ1v) is 6.86. The molecule has 5 nitrogen and oxygen atoms in total. The molecule has 0 fully saturated rings. The second-order valence-corrected chi connectivity index (χ2v) is 4.97. The van der Waals surface area contributed by atoms with E-state index >= 15 is 0 Å². The first kappa shape index (κ1) is 15.5. The van der Waals surface area contributed by atoms with Gasteiger partial charge < -0.3 is 15.7 Å². The summed E-state index contributed by atoms with van der Waals surface area (Å²) in [5.74, 6) is -1.04. The van der Waals surface area contributed by atoms with Crippen molar-refractivity contribution < 1.29 is 14.7 Å². The zero-order valence-electron chi connectivity index (χ0n) is 10.9. The zero-order chi connectivity index (χ0) is 14.4. The highest BCUT2D eigenvalue weighted by Gasteiger charge is 2.17. The number of aryl methyl sites for hydroxylation is 1. The number of benzene rings is 1. The summed E-state index contributed by atoms with van der Waals surface area (Å²) in [7, 11) is 0. The van der Waals surface area contributed by atoms with Gasteiger partial charge in [-0.15, -0.1) is 0 Å². The van der Waals surface area contributed by atoms with E-state index in [9.17, 15) is 9.59 Å². The highest BCUT2D eigenvalue weighted by Crippen LogP contribution is 2.21. The molecule has 6 heteroatoms. The average Bonchev–Trinajstić information content (AvgIpc) is 2.37. The van der Waals surface area contributed by atoms with E-state index in [-0.39, 0.29) is 0 Å². The number of halogens is 1. The number of carbonyl (C=O) groups excluding carboxylic acids is 1. The maximum atomic E-state index is 11.7. The van der Waals surface area contributed by atoms with Crippen molar-refractivity contribution in [1.29, 1.82) is 0 Å². The number of hydrogen-bond acceptors (Lipinski definition) is 2. The van der Waals surface area contributed by atoms with E-state index in [1.807, 2.05) is 19.1 Å². The maximum Gasteiger partial charge on any atom is 0.326 e. The third-order valence-corrected chi connectivity index (χ3v) is 3.20. The number of rotatable bonds is 5. The number of aliphatic carboxylic acids is 1. The number of amides is 2. The lowest BCUT2D eigenvalue weighted by Gasteiger charge is -2.15. The number of carboxylic acid groups (broad SMARTS) is 1. The van der Waals surface area contributed by atoms with Crippen LogP contribution in [0.5, 0.6) is 0 Å². The molecule has 0 aliphatic heterocycles. The molecule has 0 heterocycles. The Morgan fingerprint density at radius 1 is 1.37 bits per heavy atom. The molecule has 0 saturated carbocycles. The fourth-order valence-electron chi connectivity index (χ4n) is 1.63. The second-order valence-electron chi connectivity index (χ2n) is 4.05. The summed E-state index contributed by atoms with van der Waals surface area (Å²) in [5, 5.41) is 14.0. The first-order valence-electron chi connectivity index (χ1n) is 6.06. The molecule has 0 saturated heterocycles. The van der Waals surface area contributed by atoms with Gasteiger partial charge in [0.1, 0.15) is 6.04 Å². The molecule has 0 bridgehead atoms. The standard InChI is InChI=1S/C13H17BrN2O3/c1-3-8-7-9(14)5-6-11(8)16-13(19)15-10(4-2)12(17)18/h5-7,10H,3-4H2,1-2H3,(H,17,18)(H2,15,16,19). The smallest absolute Gasteiger partial charge is 0.326 e. The molecule has 0 spiro atoms. The van der Waals surface area contributed by atoms with Gasteiger partial charge in [-0.25, -0.2) is 9.59 Å². The number of hydrogen-bond donors (Lipinski definition) is 3. The summed E-state index contributed by atoms with van der Waals surface area (Å²) >= 11 is 3.37. The van der Waals surface area contributed by atoms with Crippen molar-refractivity contribution in [2.24, 2.45) is 0 Å². The molecule has 1 aromatic carbocycles. The molecule has 0 aliphatic carbocycles.